The Labute approximate surface area is 129 Å². The van der Waals surface area contributed by atoms with E-state index in [1.165, 1.54) is 0 Å². The molecule has 0 aliphatic heterocycles. The van der Waals surface area contributed by atoms with Crippen LogP contribution in [0.4, 0.5) is 0 Å². The normalized spacial score (nSPS) is 14.6. The number of benzene rings is 1. The SMILES string of the molecule is COc1ccc(CNC(=O)CNC(=O)C2(N)CC2)cc1.Cl. The highest BCUT2D eigenvalue weighted by molar-refractivity contribution is 5.92. The lowest BCUT2D eigenvalue weighted by Crippen LogP contribution is -2.46. The van der Waals surface area contributed by atoms with Crippen LogP contribution in [0.5, 0.6) is 5.75 Å². The topological polar surface area (TPSA) is 93.5 Å². The molecule has 1 saturated carbocycles. The molecular formula is C14H20ClN3O3. The maximum Gasteiger partial charge on any atom is 0.240 e. The van der Waals surface area contributed by atoms with E-state index in [0.29, 0.717) is 19.4 Å². The summed E-state index contributed by atoms with van der Waals surface area (Å²) in [6, 6.07) is 7.40. The number of hydrogen-bond acceptors (Lipinski definition) is 4. The van der Waals surface area contributed by atoms with Crippen LogP contribution in [0.1, 0.15) is 18.4 Å². The van der Waals surface area contributed by atoms with Gasteiger partial charge in [-0.25, -0.2) is 0 Å². The summed E-state index contributed by atoms with van der Waals surface area (Å²) in [6.45, 7) is 0.362. The zero-order chi connectivity index (χ0) is 14.6. The van der Waals surface area contributed by atoms with Gasteiger partial charge in [0.2, 0.25) is 11.8 Å². The van der Waals surface area contributed by atoms with E-state index < -0.39 is 5.54 Å². The van der Waals surface area contributed by atoms with Gasteiger partial charge in [0.25, 0.3) is 0 Å². The van der Waals surface area contributed by atoms with E-state index in [1.54, 1.807) is 7.11 Å². The summed E-state index contributed by atoms with van der Waals surface area (Å²) in [4.78, 5) is 23.1. The number of nitrogens with one attached hydrogen (secondary N) is 2. The predicted octanol–water partition coefficient (Wildman–Crippen LogP) is 0.341. The lowest BCUT2D eigenvalue weighted by atomic mass is 10.2. The first-order chi connectivity index (χ1) is 9.53. The Morgan fingerprint density at radius 3 is 2.38 bits per heavy atom. The molecule has 0 unspecified atom stereocenters. The fraction of sp³-hybridized carbons (Fsp3) is 0.429. The quantitative estimate of drug-likeness (QED) is 0.706. The average molecular weight is 314 g/mol. The molecule has 6 nitrogen and oxygen atoms in total. The molecule has 0 atom stereocenters. The van der Waals surface area contributed by atoms with Crippen LogP contribution >= 0.6 is 12.4 Å². The van der Waals surface area contributed by atoms with E-state index >= 15 is 0 Å². The smallest absolute Gasteiger partial charge is 0.240 e. The van der Waals surface area contributed by atoms with Gasteiger partial charge < -0.3 is 21.1 Å². The average Bonchev–Trinajstić information content (AvgIpc) is 3.22. The van der Waals surface area contributed by atoms with Crippen molar-refractivity contribution >= 4 is 24.2 Å². The summed E-state index contributed by atoms with van der Waals surface area (Å²) < 4.78 is 5.05. The minimum absolute atomic E-state index is 0. The summed E-state index contributed by atoms with van der Waals surface area (Å²) >= 11 is 0. The largest absolute Gasteiger partial charge is 0.497 e. The van der Waals surface area contributed by atoms with E-state index in [2.05, 4.69) is 10.6 Å². The molecule has 2 rings (SSSR count). The van der Waals surface area contributed by atoms with Crippen molar-refractivity contribution in [1.29, 1.82) is 0 Å². The molecule has 1 fully saturated rings. The second kappa shape index (κ2) is 7.28. The first kappa shape index (κ1) is 17.3. The van der Waals surface area contributed by atoms with Gasteiger partial charge in [-0.05, 0) is 30.5 Å². The Morgan fingerprint density at radius 1 is 1.24 bits per heavy atom. The second-order valence-corrected chi connectivity index (χ2v) is 4.96. The molecule has 4 N–H and O–H groups in total. The Kier molecular flexibility index (Phi) is 5.99. The number of rotatable bonds is 6. The summed E-state index contributed by atoms with van der Waals surface area (Å²) in [5.41, 5.74) is 5.93. The molecule has 1 aromatic carbocycles. The van der Waals surface area contributed by atoms with Gasteiger partial charge in [-0.15, -0.1) is 12.4 Å². The standard InChI is InChI=1S/C14H19N3O3.ClH/c1-20-11-4-2-10(3-5-11)8-16-12(18)9-17-13(19)14(15)6-7-14;/h2-5H,6-9,15H2,1H3,(H,16,18)(H,17,19);1H. The lowest BCUT2D eigenvalue weighted by molar-refractivity contribution is -0.127. The second-order valence-electron chi connectivity index (χ2n) is 4.96. The number of ether oxygens (including phenoxy) is 1. The number of halogens is 1. The molecule has 0 radical (unpaired) electrons. The van der Waals surface area contributed by atoms with Crippen LogP contribution in [0.3, 0.4) is 0 Å². The van der Waals surface area contributed by atoms with E-state index in [-0.39, 0.29) is 30.8 Å². The summed E-state index contributed by atoms with van der Waals surface area (Å²) in [5.74, 6) is 0.278. The minimum Gasteiger partial charge on any atom is -0.497 e. The zero-order valence-corrected chi connectivity index (χ0v) is 12.7. The van der Waals surface area contributed by atoms with Crippen LogP contribution in [0.2, 0.25) is 0 Å². The van der Waals surface area contributed by atoms with E-state index in [1.807, 2.05) is 24.3 Å². The van der Waals surface area contributed by atoms with Gasteiger partial charge in [0.05, 0.1) is 19.2 Å². The third-order valence-corrected chi connectivity index (χ3v) is 3.30. The molecule has 1 aromatic rings. The van der Waals surface area contributed by atoms with Crippen LogP contribution in [0.15, 0.2) is 24.3 Å². The van der Waals surface area contributed by atoms with Gasteiger partial charge in [0, 0.05) is 6.54 Å². The maximum absolute atomic E-state index is 11.6. The van der Waals surface area contributed by atoms with Crippen molar-refractivity contribution in [3.05, 3.63) is 29.8 Å². The third-order valence-electron chi connectivity index (χ3n) is 3.30. The lowest BCUT2D eigenvalue weighted by Gasteiger charge is -2.10. The summed E-state index contributed by atoms with van der Waals surface area (Å²) in [6.07, 6.45) is 1.37. The van der Waals surface area contributed by atoms with Crippen molar-refractivity contribution in [1.82, 2.24) is 10.6 Å². The molecule has 1 aliphatic rings. The molecule has 7 heteroatoms. The number of carbonyl (C=O) groups excluding carboxylic acids is 2. The van der Waals surface area contributed by atoms with Crippen LogP contribution in [0.25, 0.3) is 0 Å². The number of carbonyl (C=O) groups is 2. The molecule has 0 bridgehead atoms. The minimum atomic E-state index is -0.740. The van der Waals surface area contributed by atoms with Gasteiger partial charge in [0.15, 0.2) is 0 Å². The molecule has 116 valence electrons. The Hall–Kier alpha value is -1.79. The van der Waals surface area contributed by atoms with Crippen molar-refractivity contribution in [2.45, 2.75) is 24.9 Å². The number of nitrogens with two attached hydrogens (primary N) is 1. The van der Waals surface area contributed by atoms with E-state index in [4.69, 9.17) is 10.5 Å². The number of hydrogen-bond donors (Lipinski definition) is 3. The van der Waals surface area contributed by atoms with Crippen LogP contribution in [-0.2, 0) is 16.1 Å². The zero-order valence-electron chi connectivity index (χ0n) is 11.8. The van der Waals surface area contributed by atoms with Gasteiger partial charge in [0.1, 0.15) is 5.75 Å². The predicted molar refractivity (Wildman–Crippen MR) is 81.3 cm³/mol. The first-order valence-corrected chi connectivity index (χ1v) is 6.50. The van der Waals surface area contributed by atoms with Crippen LogP contribution < -0.4 is 21.1 Å². The van der Waals surface area contributed by atoms with Crippen molar-refractivity contribution in [2.24, 2.45) is 5.73 Å². The monoisotopic (exact) mass is 313 g/mol. The van der Waals surface area contributed by atoms with Crippen molar-refractivity contribution in [3.8, 4) is 5.75 Å². The van der Waals surface area contributed by atoms with Crippen molar-refractivity contribution in [3.63, 3.8) is 0 Å². The Morgan fingerprint density at radius 2 is 1.86 bits per heavy atom. The highest BCUT2D eigenvalue weighted by Crippen LogP contribution is 2.31. The van der Waals surface area contributed by atoms with Gasteiger partial charge in [-0.3, -0.25) is 9.59 Å². The highest BCUT2D eigenvalue weighted by Gasteiger charge is 2.45. The Balaban J connectivity index is 0.00000220. The van der Waals surface area contributed by atoms with Gasteiger partial charge in [-0.1, -0.05) is 12.1 Å². The van der Waals surface area contributed by atoms with Gasteiger partial charge in [-0.2, -0.15) is 0 Å². The van der Waals surface area contributed by atoms with E-state index in [9.17, 15) is 9.59 Å². The molecular weight excluding hydrogens is 294 g/mol. The molecule has 0 saturated heterocycles. The molecule has 1 aliphatic carbocycles. The third kappa shape index (κ3) is 4.91. The molecule has 21 heavy (non-hydrogen) atoms. The molecule has 0 spiro atoms. The highest BCUT2D eigenvalue weighted by atomic mass is 35.5. The number of amides is 2. The molecule has 0 aromatic heterocycles. The Bertz CT molecular complexity index is 501. The van der Waals surface area contributed by atoms with Crippen LogP contribution in [0, 0.1) is 0 Å². The summed E-state index contributed by atoms with van der Waals surface area (Å²) in [7, 11) is 1.60. The summed E-state index contributed by atoms with van der Waals surface area (Å²) in [5, 5.41) is 5.27. The first-order valence-electron chi connectivity index (χ1n) is 6.50. The van der Waals surface area contributed by atoms with Crippen LogP contribution in [-0.4, -0.2) is 31.0 Å². The maximum atomic E-state index is 11.6. The van der Waals surface area contributed by atoms with Gasteiger partial charge >= 0.3 is 0 Å². The number of methoxy groups -OCH3 is 1. The van der Waals surface area contributed by atoms with E-state index in [0.717, 1.165) is 11.3 Å². The molecule has 2 amide bonds. The molecule has 0 heterocycles. The fourth-order valence-corrected chi connectivity index (χ4v) is 1.70. The fourth-order valence-electron chi connectivity index (χ4n) is 1.70. The van der Waals surface area contributed by atoms with Crippen molar-refractivity contribution in [2.75, 3.05) is 13.7 Å². The van der Waals surface area contributed by atoms with Crippen molar-refractivity contribution < 1.29 is 14.3 Å².